The molecule has 2 aromatic rings. The number of aryl methyl sites for hydroxylation is 1. The van der Waals surface area contributed by atoms with E-state index in [9.17, 15) is 23.1 Å². The van der Waals surface area contributed by atoms with E-state index in [1.54, 1.807) is 25.1 Å². The number of alkyl halides is 3. The summed E-state index contributed by atoms with van der Waals surface area (Å²) in [5.41, 5.74) is -0.493. The average Bonchev–Trinajstić information content (AvgIpc) is 2.70. The molecule has 1 heterocycles. The number of rotatable bonds is 5. The molecule has 156 valence electrons. The zero-order valence-electron chi connectivity index (χ0n) is 16.0. The number of hydrogen-bond acceptors (Lipinski definition) is 5. The number of phenolic OH excluding ortho intramolecular Hbond substituents is 1. The lowest BCUT2D eigenvalue weighted by Crippen LogP contribution is -2.23. The zero-order chi connectivity index (χ0) is 21.2. The molecule has 0 saturated carbocycles. The first-order valence-corrected chi connectivity index (χ1v) is 9.16. The predicted octanol–water partition coefficient (Wildman–Crippen LogP) is 4.65. The molecule has 1 aliphatic rings. The van der Waals surface area contributed by atoms with Gasteiger partial charge in [-0.1, -0.05) is 6.07 Å². The lowest BCUT2D eigenvalue weighted by atomic mass is 9.89. The summed E-state index contributed by atoms with van der Waals surface area (Å²) in [4.78, 5) is 12.3. The minimum atomic E-state index is -4.77. The molecule has 5 nitrogen and oxygen atoms in total. The Bertz CT molecular complexity index is 908. The van der Waals surface area contributed by atoms with Crippen LogP contribution in [-0.2, 0) is 26.9 Å². The van der Waals surface area contributed by atoms with Crippen molar-refractivity contribution in [2.24, 2.45) is 0 Å². The van der Waals surface area contributed by atoms with E-state index in [0.29, 0.717) is 24.3 Å². The second-order valence-corrected chi connectivity index (χ2v) is 6.55. The Morgan fingerprint density at radius 1 is 1.28 bits per heavy atom. The molecule has 0 aliphatic carbocycles. The van der Waals surface area contributed by atoms with Crippen LogP contribution in [0.3, 0.4) is 0 Å². The molecular formula is C21H21F3O5. The van der Waals surface area contributed by atoms with Crippen molar-refractivity contribution in [1.29, 1.82) is 0 Å². The molecule has 8 heteroatoms. The molecule has 0 amide bonds. The number of aromatic hydroxyl groups is 1. The molecule has 1 atom stereocenters. The number of phenols is 1. The number of carbonyl (C=O) groups excluding carboxylic acids is 1. The van der Waals surface area contributed by atoms with Crippen molar-refractivity contribution in [1.82, 2.24) is 0 Å². The quantitative estimate of drug-likeness (QED) is 0.727. The van der Waals surface area contributed by atoms with Crippen molar-refractivity contribution < 1.29 is 37.3 Å². The SMILES string of the molecule is CCOC(C(=O)OC)c1c(C(F)(F)F)ccc(O)c1-c1ccc2c(c1)CCCO2. The lowest BCUT2D eigenvalue weighted by Gasteiger charge is -2.25. The van der Waals surface area contributed by atoms with Gasteiger partial charge in [-0.3, -0.25) is 0 Å². The summed E-state index contributed by atoms with van der Waals surface area (Å²) >= 11 is 0. The van der Waals surface area contributed by atoms with E-state index in [1.807, 2.05) is 0 Å². The standard InChI is InChI=1S/C21H21F3O5/c1-3-28-19(20(26)27-2)18-14(21(22,23)24)7-8-15(25)17(18)13-6-9-16-12(11-13)5-4-10-29-16/h6-9,11,19,25H,3-5,10H2,1-2H3. The third-order valence-corrected chi connectivity index (χ3v) is 4.74. The minimum absolute atomic E-state index is 0.0236. The molecule has 0 spiro atoms. The van der Waals surface area contributed by atoms with Crippen molar-refractivity contribution in [2.45, 2.75) is 32.0 Å². The number of methoxy groups -OCH3 is 1. The van der Waals surface area contributed by atoms with Crippen LogP contribution in [0.2, 0.25) is 0 Å². The lowest BCUT2D eigenvalue weighted by molar-refractivity contribution is -0.156. The van der Waals surface area contributed by atoms with Crippen molar-refractivity contribution in [3.8, 4) is 22.6 Å². The fourth-order valence-electron chi connectivity index (χ4n) is 3.49. The highest BCUT2D eigenvalue weighted by molar-refractivity contribution is 5.85. The summed E-state index contributed by atoms with van der Waals surface area (Å²) in [7, 11) is 1.07. The van der Waals surface area contributed by atoms with Gasteiger partial charge in [0.2, 0.25) is 0 Å². The van der Waals surface area contributed by atoms with Gasteiger partial charge in [-0.25, -0.2) is 4.79 Å². The minimum Gasteiger partial charge on any atom is -0.507 e. The number of benzene rings is 2. The molecule has 0 fully saturated rings. The van der Waals surface area contributed by atoms with E-state index in [1.165, 1.54) is 0 Å². The van der Waals surface area contributed by atoms with Gasteiger partial charge in [0.25, 0.3) is 0 Å². The van der Waals surface area contributed by atoms with E-state index in [0.717, 1.165) is 31.2 Å². The summed E-state index contributed by atoms with van der Waals surface area (Å²) in [6.45, 7) is 2.10. The Morgan fingerprint density at radius 2 is 2.03 bits per heavy atom. The molecule has 3 rings (SSSR count). The van der Waals surface area contributed by atoms with Gasteiger partial charge in [0.05, 0.1) is 19.3 Å². The first-order valence-electron chi connectivity index (χ1n) is 9.16. The van der Waals surface area contributed by atoms with Gasteiger partial charge in [0.1, 0.15) is 11.5 Å². The van der Waals surface area contributed by atoms with Crippen LogP contribution in [-0.4, -0.2) is 31.4 Å². The third-order valence-electron chi connectivity index (χ3n) is 4.74. The number of fused-ring (bicyclic) bond motifs is 1. The highest BCUT2D eigenvalue weighted by Crippen LogP contribution is 2.46. The molecule has 1 unspecified atom stereocenters. The van der Waals surface area contributed by atoms with Crippen LogP contribution in [0.1, 0.15) is 36.1 Å². The van der Waals surface area contributed by atoms with Crippen LogP contribution >= 0.6 is 0 Å². The maximum absolute atomic E-state index is 13.8. The van der Waals surface area contributed by atoms with E-state index >= 15 is 0 Å². The molecule has 0 saturated heterocycles. The van der Waals surface area contributed by atoms with Crippen molar-refractivity contribution >= 4 is 5.97 Å². The van der Waals surface area contributed by atoms with Crippen LogP contribution in [0, 0.1) is 0 Å². The second kappa shape index (κ2) is 8.32. The average molecular weight is 410 g/mol. The first-order chi connectivity index (χ1) is 13.8. The summed E-state index contributed by atoms with van der Waals surface area (Å²) in [5.74, 6) is -0.717. The predicted molar refractivity (Wildman–Crippen MR) is 98.7 cm³/mol. The van der Waals surface area contributed by atoms with Crippen LogP contribution < -0.4 is 4.74 Å². The Labute approximate surface area is 166 Å². The number of ether oxygens (including phenoxy) is 3. The number of esters is 1. The largest absolute Gasteiger partial charge is 0.507 e. The van der Waals surface area contributed by atoms with Crippen LogP contribution in [0.25, 0.3) is 11.1 Å². The van der Waals surface area contributed by atoms with Crippen LogP contribution in [0.4, 0.5) is 13.2 Å². The van der Waals surface area contributed by atoms with Crippen molar-refractivity contribution in [3.05, 3.63) is 47.0 Å². The Morgan fingerprint density at radius 3 is 2.69 bits per heavy atom. The van der Waals surface area contributed by atoms with E-state index in [-0.39, 0.29) is 12.2 Å². The fraction of sp³-hybridized carbons (Fsp3) is 0.381. The molecule has 29 heavy (non-hydrogen) atoms. The Balaban J connectivity index is 2.29. The zero-order valence-corrected chi connectivity index (χ0v) is 16.0. The Kier molecular flexibility index (Phi) is 6.02. The summed E-state index contributed by atoms with van der Waals surface area (Å²) in [5, 5.41) is 10.5. The van der Waals surface area contributed by atoms with E-state index in [4.69, 9.17) is 9.47 Å². The van der Waals surface area contributed by atoms with E-state index in [2.05, 4.69) is 4.74 Å². The van der Waals surface area contributed by atoms with E-state index < -0.39 is 35.1 Å². The summed E-state index contributed by atoms with van der Waals surface area (Å²) in [6.07, 6.45) is -4.93. The molecule has 1 aliphatic heterocycles. The molecule has 0 radical (unpaired) electrons. The maximum atomic E-state index is 13.8. The molecular weight excluding hydrogens is 389 g/mol. The number of halogens is 3. The Hall–Kier alpha value is -2.74. The van der Waals surface area contributed by atoms with Crippen LogP contribution in [0.5, 0.6) is 11.5 Å². The maximum Gasteiger partial charge on any atom is 0.416 e. The highest BCUT2D eigenvalue weighted by atomic mass is 19.4. The van der Waals surface area contributed by atoms with Crippen LogP contribution in [0.15, 0.2) is 30.3 Å². The summed E-state index contributed by atoms with van der Waals surface area (Å²) < 4.78 is 57.0. The summed E-state index contributed by atoms with van der Waals surface area (Å²) in [6, 6.07) is 6.60. The molecule has 1 N–H and O–H groups in total. The topological polar surface area (TPSA) is 65.0 Å². The van der Waals surface area contributed by atoms with Gasteiger partial charge in [0, 0.05) is 17.7 Å². The second-order valence-electron chi connectivity index (χ2n) is 6.55. The van der Waals surface area contributed by atoms with Gasteiger partial charge in [0.15, 0.2) is 6.10 Å². The highest BCUT2D eigenvalue weighted by Gasteiger charge is 2.40. The molecule has 2 aromatic carbocycles. The molecule has 0 bridgehead atoms. The monoisotopic (exact) mass is 410 g/mol. The van der Waals surface area contributed by atoms with Crippen molar-refractivity contribution in [2.75, 3.05) is 20.3 Å². The number of hydrogen-bond donors (Lipinski definition) is 1. The fourth-order valence-corrected chi connectivity index (χ4v) is 3.49. The van der Waals surface area contributed by atoms with Gasteiger partial charge in [-0.05, 0) is 55.2 Å². The van der Waals surface area contributed by atoms with Gasteiger partial charge >= 0.3 is 12.1 Å². The smallest absolute Gasteiger partial charge is 0.416 e. The normalized spacial score (nSPS) is 14.7. The van der Waals surface area contributed by atoms with Gasteiger partial charge in [-0.2, -0.15) is 13.2 Å². The molecule has 0 aromatic heterocycles. The third kappa shape index (κ3) is 4.17. The van der Waals surface area contributed by atoms with Gasteiger partial charge < -0.3 is 19.3 Å². The first kappa shape index (κ1) is 21.0. The van der Waals surface area contributed by atoms with Crippen molar-refractivity contribution in [3.63, 3.8) is 0 Å². The van der Waals surface area contributed by atoms with Gasteiger partial charge in [-0.15, -0.1) is 0 Å². The number of carbonyl (C=O) groups is 1.